The van der Waals surface area contributed by atoms with Crippen LogP contribution in [0.15, 0.2) is 12.1 Å². The van der Waals surface area contributed by atoms with Crippen molar-refractivity contribution in [3.63, 3.8) is 0 Å². The Morgan fingerprint density at radius 2 is 1.94 bits per heavy atom. The third-order valence-electron chi connectivity index (χ3n) is 2.83. The molecule has 3 heteroatoms. The SMILES string of the molecule is CC(C)CCCOc1cc(CO)cc(C(C)C)n1. The molecule has 0 saturated carbocycles. The van der Waals surface area contributed by atoms with Gasteiger partial charge in [0.1, 0.15) is 0 Å². The molecule has 0 bridgehead atoms. The van der Waals surface area contributed by atoms with E-state index >= 15 is 0 Å². The highest BCUT2D eigenvalue weighted by Gasteiger charge is 2.07. The fourth-order valence-corrected chi connectivity index (χ4v) is 1.71. The van der Waals surface area contributed by atoms with Crippen LogP contribution in [-0.4, -0.2) is 16.7 Å². The zero-order valence-electron chi connectivity index (χ0n) is 11.9. The Kier molecular flexibility index (Phi) is 6.13. The number of hydrogen-bond donors (Lipinski definition) is 1. The molecular formula is C15H25NO2. The molecule has 3 nitrogen and oxygen atoms in total. The first-order valence-electron chi connectivity index (χ1n) is 6.77. The van der Waals surface area contributed by atoms with E-state index in [0.29, 0.717) is 24.3 Å². The van der Waals surface area contributed by atoms with Crippen LogP contribution in [0.5, 0.6) is 5.88 Å². The molecule has 0 aliphatic carbocycles. The van der Waals surface area contributed by atoms with Gasteiger partial charge in [0.15, 0.2) is 0 Å². The molecule has 0 atom stereocenters. The van der Waals surface area contributed by atoms with Gasteiger partial charge in [0.25, 0.3) is 0 Å². The van der Waals surface area contributed by atoms with Gasteiger partial charge in [-0.25, -0.2) is 4.98 Å². The molecule has 102 valence electrons. The molecule has 1 rings (SSSR count). The predicted molar refractivity (Wildman–Crippen MR) is 73.8 cm³/mol. The maximum Gasteiger partial charge on any atom is 0.213 e. The van der Waals surface area contributed by atoms with E-state index in [1.54, 1.807) is 0 Å². The lowest BCUT2D eigenvalue weighted by molar-refractivity contribution is 0.272. The molecule has 0 unspecified atom stereocenters. The minimum absolute atomic E-state index is 0.0323. The average Bonchev–Trinajstić information content (AvgIpc) is 2.34. The summed E-state index contributed by atoms with van der Waals surface area (Å²) in [4.78, 5) is 4.46. The van der Waals surface area contributed by atoms with E-state index in [-0.39, 0.29) is 6.61 Å². The fourth-order valence-electron chi connectivity index (χ4n) is 1.71. The van der Waals surface area contributed by atoms with E-state index < -0.39 is 0 Å². The standard InChI is InChI=1S/C15H25NO2/c1-11(2)6-5-7-18-15-9-13(10-17)8-14(16-15)12(3)4/h8-9,11-12,17H,5-7,10H2,1-4H3. The van der Waals surface area contributed by atoms with E-state index in [1.165, 1.54) is 0 Å². The number of pyridine rings is 1. The maximum absolute atomic E-state index is 9.23. The van der Waals surface area contributed by atoms with Crippen LogP contribution in [0.25, 0.3) is 0 Å². The van der Waals surface area contributed by atoms with Crippen molar-refractivity contribution in [2.24, 2.45) is 5.92 Å². The van der Waals surface area contributed by atoms with Crippen molar-refractivity contribution in [1.29, 1.82) is 0 Å². The molecule has 1 aromatic rings. The second-order valence-electron chi connectivity index (χ2n) is 5.44. The van der Waals surface area contributed by atoms with Crippen molar-refractivity contribution < 1.29 is 9.84 Å². The Morgan fingerprint density at radius 3 is 2.50 bits per heavy atom. The van der Waals surface area contributed by atoms with E-state index in [4.69, 9.17) is 4.74 Å². The number of nitrogens with zero attached hydrogens (tertiary/aromatic N) is 1. The number of hydrogen-bond acceptors (Lipinski definition) is 3. The number of aliphatic hydroxyl groups is 1. The highest BCUT2D eigenvalue weighted by Crippen LogP contribution is 2.19. The minimum atomic E-state index is 0.0323. The van der Waals surface area contributed by atoms with E-state index in [0.717, 1.165) is 24.1 Å². The average molecular weight is 251 g/mol. The molecule has 1 heterocycles. The van der Waals surface area contributed by atoms with Crippen LogP contribution >= 0.6 is 0 Å². The number of ether oxygens (including phenoxy) is 1. The highest BCUT2D eigenvalue weighted by molar-refractivity contribution is 5.26. The van der Waals surface area contributed by atoms with Crippen molar-refractivity contribution >= 4 is 0 Å². The summed E-state index contributed by atoms with van der Waals surface area (Å²) in [5.74, 6) is 1.68. The zero-order chi connectivity index (χ0) is 13.5. The molecule has 1 aromatic heterocycles. The van der Waals surface area contributed by atoms with Crippen LogP contribution in [0.1, 0.15) is 57.7 Å². The van der Waals surface area contributed by atoms with Gasteiger partial charge in [0, 0.05) is 11.8 Å². The smallest absolute Gasteiger partial charge is 0.213 e. The Bertz CT molecular complexity index is 362. The molecular weight excluding hydrogens is 226 g/mol. The van der Waals surface area contributed by atoms with Crippen LogP contribution < -0.4 is 4.74 Å². The van der Waals surface area contributed by atoms with E-state index in [1.807, 2.05) is 12.1 Å². The quantitative estimate of drug-likeness (QED) is 0.754. The van der Waals surface area contributed by atoms with Gasteiger partial charge in [-0.3, -0.25) is 0 Å². The molecule has 0 aliphatic rings. The van der Waals surface area contributed by atoms with Crippen molar-refractivity contribution in [3.05, 3.63) is 23.4 Å². The molecule has 18 heavy (non-hydrogen) atoms. The molecule has 0 saturated heterocycles. The van der Waals surface area contributed by atoms with Gasteiger partial charge >= 0.3 is 0 Å². The summed E-state index contributed by atoms with van der Waals surface area (Å²) < 4.78 is 5.67. The predicted octanol–water partition coefficient (Wildman–Crippen LogP) is 3.51. The Balaban J connectivity index is 2.61. The van der Waals surface area contributed by atoms with Gasteiger partial charge in [-0.1, -0.05) is 27.7 Å². The summed E-state index contributed by atoms with van der Waals surface area (Å²) in [6, 6.07) is 3.76. The first kappa shape index (κ1) is 15.0. The fraction of sp³-hybridized carbons (Fsp3) is 0.667. The highest BCUT2D eigenvalue weighted by atomic mass is 16.5. The number of aliphatic hydroxyl groups excluding tert-OH is 1. The Morgan fingerprint density at radius 1 is 1.22 bits per heavy atom. The number of rotatable bonds is 7. The maximum atomic E-state index is 9.23. The van der Waals surface area contributed by atoms with Crippen molar-refractivity contribution in [1.82, 2.24) is 4.98 Å². The van der Waals surface area contributed by atoms with Gasteiger partial charge < -0.3 is 9.84 Å². The van der Waals surface area contributed by atoms with Crippen molar-refractivity contribution in [2.45, 2.75) is 53.1 Å². The van der Waals surface area contributed by atoms with Crippen LogP contribution in [0, 0.1) is 5.92 Å². The molecule has 0 radical (unpaired) electrons. The lowest BCUT2D eigenvalue weighted by atomic mass is 10.1. The summed E-state index contributed by atoms with van der Waals surface area (Å²) in [5, 5.41) is 9.23. The van der Waals surface area contributed by atoms with Crippen LogP contribution in [0.4, 0.5) is 0 Å². The Hall–Kier alpha value is -1.09. The first-order chi connectivity index (χ1) is 8.52. The molecule has 0 aromatic carbocycles. The third-order valence-corrected chi connectivity index (χ3v) is 2.83. The monoisotopic (exact) mass is 251 g/mol. The molecule has 0 aliphatic heterocycles. The minimum Gasteiger partial charge on any atom is -0.478 e. The van der Waals surface area contributed by atoms with E-state index in [2.05, 4.69) is 32.7 Å². The number of aromatic nitrogens is 1. The lowest BCUT2D eigenvalue weighted by Crippen LogP contribution is -2.04. The van der Waals surface area contributed by atoms with Gasteiger partial charge in [0.05, 0.1) is 13.2 Å². The third kappa shape index (κ3) is 5.05. The van der Waals surface area contributed by atoms with Crippen molar-refractivity contribution in [2.75, 3.05) is 6.61 Å². The molecule has 0 spiro atoms. The van der Waals surface area contributed by atoms with Gasteiger partial charge in [-0.2, -0.15) is 0 Å². The second kappa shape index (κ2) is 7.37. The van der Waals surface area contributed by atoms with Crippen LogP contribution in [-0.2, 0) is 6.61 Å². The van der Waals surface area contributed by atoms with Crippen molar-refractivity contribution in [3.8, 4) is 5.88 Å². The largest absolute Gasteiger partial charge is 0.478 e. The lowest BCUT2D eigenvalue weighted by Gasteiger charge is -2.11. The summed E-state index contributed by atoms with van der Waals surface area (Å²) in [6.07, 6.45) is 2.20. The molecule has 0 amide bonds. The summed E-state index contributed by atoms with van der Waals surface area (Å²) >= 11 is 0. The van der Waals surface area contributed by atoms with Gasteiger partial charge in [-0.15, -0.1) is 0 Å². The topological polar surface area (TPSA) is 42.4 Å². The van der Waals surface area contributed by atoms with Gasteiger partial charge in [-0.05, 0) is 36.3 Å². The zero-order valence-corrected chi connectivity index (χ0v) is 11.9. The Labute approximate surface area is 110 Å². The van der Waals surface area contributed by atoms with E-state index in [9.17, 15) is 5.11 Å². The first-order valence-corrected chi connectivity index (χ1v) is 6.77. The molecule has 0 fully saturated rings. The molecule has 1 N–H and O–H groups in total. The normalized spacial score (nSPS) is 11.3. The summed E-state index contributed by atoms with van der Waals surface area (Å²) in [7, 11) is 0. The van der Waals surface area contributed by atoms with Crippen LogP contribution in [0.2, 0.25) is 0 Å². The summed E-state index contributed by atoms with van der Waals surface area (Å²) in [6.45, 7) is 9.32. The van der Waals surface area contributed by atoms with Crippen LogP contribution in [0.3, 0.4) is 0 Å². The van der Waals surface area contributed by atoms with Gasteiger partial charge in [0.2, 0.25) is 5.88 Å². The second-order valence-corrected chi connectivity index (χ2v) is 5.44. The summed E-state index contributed by atoms with van der Waals surface area (Å²) in [5.41, 5.74) is 1.84.